The van der Waals surface area contributed by atoms with E-state index >= 15 is 0 Å². The molecule has 0 aromatic carbocycles. The number of ether oxygens (including phenoxy) is 1. The zero-order valence-electron chi connectivity index (χ0n) is 10.8. The molecule has 4 aliphatic rings. The van der Waals surface area contributed by atoms with E-state index in [-0.39, 0.29) is 17.7 Å². The Morgan fingerprint density at radius 3 is 2.56 bits per heavy atom. The van der Waals surface area contributed by atoms with Gasteiger partial charge in [0.05, 0.1) is 7.11 Å². The largest absolute Gasteiger partial charge is 0.468 e. The lowest BCUT2D eigenvalue weighted by atomic mass is 9.60. The van der Waals surface area contributed by atoms with Crippen molar-refractivity contribution in [2.24, 2.45) is 29.6 Å². The summed E-state index contributed by atoms with van der Waals surface area (Å²) < 4.78 is 4.80. The number of ketones is 1. The van der Waals surface area contributed by atoms with Crippen LogP contribution in [0.4, 0.5) is 0 Å². The molecule has 5 atom stereocenters. The summed E-state index contributed by atoms with van der Waals surface area (Å²) in [4.78, 5) is 24.4. The van der Waals surface area contributed by atoms with Crippen LogP contribution in [-0.4, -0.2) is 18.9 Å². The number of carbonyl (C=O) groups is 2. The van der Waals surface area contributed by atoms with Crippen molar-refractivity contribution in [1.29, 1.82) is 0 Å². The minimum atomic E-state index is -0.502. The quantitative estimate of drug-likeness (QED) is 0.406. The van der Waals surface area contributed by atoms with Gasteiger partial charge >= 0.3 is 5.97 Å². The highest BCUT2D eigenvalue weighted by Crippen LogP contribution is 2.49. The lowest BCUT2D eigenvalue weighted by molar-refractivity contribution is -0.151. The van der Waals surface area contributed by atoms with Gasteiger partial charge in [-0.25, -0.2) is 0 Å². The standard InChI is InChI=1S/C15H20O3/c1-18-15(17)12-4-2-3-11-9-5-7-10(8-6-9)13(11)14(12)16/h5,7,9-13H,2-4,6,8H2,1H3. The molecule has 2 bridgehead atoms. The molecule has 2 fully saturated rings. The van der Waals surface area contributed by atoms with Crippen LogP contribution in [0.25, 0.3) is 0 Å². The number of hydrogen-bond donors (Lipinski definition) is 0. The second kappa shape index (κ2) is 4.52. The fraction of sp³-hybridized carbons (Fsp3) is 0.733. The Kier molecular flexibility index (Phi) is 3.00. The van der Waals surface area contributed by atoms with Crippen molar-refractivity contribution in [2.45, 2.75) is 32.1 Å². The van der Waals surface area contributed by atoms with Crippen molar-refractivity contribution in [3.05, 3.63) is 12.2 Å². The van der Waals surface area contributed by atoms with Crippen molar-refractivity contribution < 1.29 is 14.3 Å². The smallest absolute Gasteiger partial charge is 0.316 e. The summed E-state index contributed by atoms with van der Waals surface area (Å²) in [7, 11) is 1.38. The molecule has 0 heterocycles. The highest BCUT2D eigenvalue weighted by molar-refractivity contribution is 6.00. The maximum Gasteiger partial charge on any atom is 0.316 e. The summed E-state index contributed by atoms with van der Waals surface area (Å²) in [6.07, 6.45) is 9.60. The van der Waals surface area contributed by atoms with Crippen molar-refractivity contribution >= 4 is 11.8 Å². The third-order valence-electron chi connectivity index (χ3n) is 5.10. The first kappa shape index (κ1) is 11.9. The average Bonchev–Trinajstić information content (AvgIpc) is 2.60. The molecule has 0 spiro atoms. The van der Waals surface area contributed by atoms with Crippen LogP contribution in [-0.2, 0) is 14.3 Å². The third-order valence-corrected chi connectivity index (χ3v) is 5.10. The van der Waals surface area contributed by atoms with Crippen LogP contribution in [0, 0.1) is 29.6 Å². The summed E-state index contributed by atoms with van der Waals surface area (Å²) in [5.74, 6) is 0.835. The normalized spacial score (nSPS) is 42.3. The van der Waals surface area contributed by atoms with E-state index in [0.717, 1.165) is 19.3 Å². The molecule has 3 heteroatoms. The number of methoxy groups -OCH3 is 1. The van der Waals surface area contributed by atoms with Crippen molar-refractivity contribution in [1.82, 2.24) is 0 Å². The van der Waals surface area contributed by atoms with Gasteiger partial charge in [0.1, 0.15) is 5.92 Å². The van der Waals surface area contributed by atoms with Crippen LogP contribution in [0.1, 0.15) is 32.1 Å². The van der Waals surface area contributed by atoms with E-state index in [1.165, 1.54) is 13.5 Å². The number of Topliss-reactive ketones (excluding diaryl/α,β-unsaturated/α-hetero) is 1. The SMILES string of the molecule is COC(=O)C1CCCC2C3C=CC(CC3)C2C1=O. The molecule has 4 rings (SSSR count). The summed E-state index contributed by atoms with van der Waals surface area (Å²) in [5, 5.41) is 0. The number of esters is 1. The number of fused-ring (bicyclic) bond motifs is 1. The molecule has 18 heavy (non-hydrogen) atoms. The van der Waals surface area contributed by atoms with Gasteiger partial charge in [-0.15, -0.1) is 0 Å². The molecule has 2 saturated carbocycles. The monoisotopic (exact) mass is 248 g/mol. The predicted molar refractivity (Wildman–Crippen MR) is 66.7 cm³/mol. The molecule has 0 aliphatic heterocycles. The topological polar surface area (TPSA) is 43.4 Å². The molecule has 0 saturated heterocycles. The first-order valence-electron chi connectivity index (χ1n) is 7.02. The average molecular weight is 248 g/mol. The van der Waals surface area contributed by atoms with Gasteiger partial charge in [0.2, 0.25) is 0 Å². The zero-order chi connectivity index (χ0) is 12.7. The fourth-order valence-corrected chi connectivity index (χ4v) is 4.23. The molecule has 0 amide bonds. The van der Waals surface area contributed by atoms with Crippen LogP contribution >= 0.6 is 0 Å². The molecule has 4 aliphatic carbocycles. The molecule has 98 valence electrons. The minimum Gasteiger partial charge on any atom is -0.468 e. The maximum absolute atomic E-state index is 12.6. The van der Waals surface area contributed by atoms with Crippen molar-refractivity contribution in [3.63, 3.8) is 0 Å². The Morgan fingerprint density at radius 1 is 1.17 bits per heavy atom. The van der Waals surface area contributed by atoms with Crippen LogP contribution in [0.3, 0.4) is 0 Å². The van der Waals surface area contributed by atoms with Crippen LogP contribution < -0.4 is 0 Å². The highest BCUT2D eigenvalue weighted by atomic mass is 16.5. The lowest BCUT2D eigenvalue weighted by Gasteiger charge is -2.44. The number of allylic oxidation sites excluding steroid dienone is 2. The Balaban J connectivity index is 1.89. The van der Waals surface area contributed by atoms with E-state index in [4.69, 9.17) is 4.74 Å². The zero-order valence-corrected chi connectivity index (χ0v) is 10.8. The van der Waals surface area contributed by atoms with E-state index in [1.54, 1.807) is 0 Å². The number of hydrogen-bond acceptors (Lipinski definition) is 3. The van der Waals surface area contributed by atoms with E-state index in [9.17, 15) is 9.59 Å². The molecular weight excluding hydrogens is 228 g/mol. The second-order valence-corrected chi connectivity index (χ2v) is 5.89. The lowest BCUT2D eigenvalue weighted by Crippen LogP contribution is -2.43. The Bertz CT molecular complexity index is 399. The van der Waals surface area contributed by atoms with Crippen molar-refractivity contribution in [2.75, 3.05) is 7.11 Å². The van der Waals surface area contributed by atoms with Gasteiger partial charge < -0.3 is 4.74 Å². The van der Waals surface area contributed by atoms with Crippen LogP contribution in [0.5, 0.6) is 0 Å². The number of carbonyl (C=O) groups excluding carboxylic acids is 2. The van der Waals surface area contributed by atoms with Gasteiger partial charge in [0, 0.05) is 5.92 Å². The Hall–Kier alpha value is -1.12. The van der Waals surface area contributed by atoms with Gasteiger partial charge in [-0.2, -0.15) is 0 Å². The van der Waals surface area contributed by atoms with Crippen LogP contribution in [0.2, 0.25) is 0 Å². The van der Waals surface area contributed by atoms with Gasteiger partial charge in [0.25, 0.3) is 0 Å². The maximum atomic E-state index is 12.6. The molecule has 0 N–H and O–H groups in total. The highest BCUT2D eigenvalue weighted by Gasteiger charge is 2.48. The van der Waals surface area contributed by atoms with E-state index < -0.39 is 5.92 Å². The Labute approximate surface area is 108 Å². The molecule has 0 aromatic heterocycles. The first-order valence-corrected chi connectivity index (χ1v) is 7.02. The predicted octanol–water partition coefficient (Wildman–Crippen LogP) is 2.36. The van der Waals surface area contributed by atoms with E-state index in [0.29, 0.717) is 24.2 Å². The van der Waals surface area contributed by atoms with Gasteiger partial charge in [-0.1, -0.05) is 18.6 Å². The molecule has 5 unspecified atom stereocenters. The minimum absolute atomic E-state index is 0.0837. The third kappa shape index (κ3) is 1.72. The van der Waals surface area contributed by atoms with Gasteiger partial charge in [-0.05, 0) is 43.4 Å². The summed E-state index contributed by atoms with van der Waals surface area (Å²) >= 11 is 0. The van der Waals surface area contributed by atoms with E-state index in [1.807, 2.05) is 0 Å². The first-order chi connectivity index (χ1) is 8.72. The fourth-order valence-electron chi connectivity index (χ4n) is 4.23. The van der Waals surface area contributed by atoms with Gasteiger partial charge in [-0.3, -0.25) is 9.59 Å². The summed E-state index contributed by atoms with van der Waals surface area (Å²) in [6.45, 7) is 0. The summed E-state index contributed by atoms with van der Waals surface area (Å²) in [5.41, 5.74) is 0. The van der Waals surface area contributed by atoms with Crippen LogP contribution in [0.15, 0.2) is 12.2 Å². The van der Waals surface area contributed by atoms with E-state index in [2.05, 4.69) is 12.2 Å². The Morgan fingerprint density at radius 2 is 1.89 bits per heavy atom. The molecule has 3 nitrogen and oxygen atoms in total. The summed E-state index contributed by atoms with van der Waals surface area (Å²) in [6, 6.07) is 0. The molecular formula is C15H20O3. The molecule has 0 aromatic rings. The molecule has 0 radical (unpaired) electrons. The van der Waals surface area contributed by atoms with Crippen molar-refractivity contribution in [3.8, 4) is 0 Å². The number of rotatable bonds is 1. The second-order valence-electron chi connectivity index (χ2n) is 5.89. The van der Waals surface area contributed by atoms with Gasteiger partial charge in [0.15, 0.2) is 5.78 Å².